The zero-order valence-electron chi connectivity index (χ0n) is 6.59. The van der Waals surface area contributed by atoms with Crippen LogP contribution in [-0.2, 0) is 0 Å². The van der Waals surface area contributed by atoms with E-state index in [2.05, 4.69) is 6.92 Å². The van der Waals surface area contributed by atoms with E-state index < -0.39 is 0 Å². The Bertz CT molecular complexity index is 105. The van der Waals surface area contributed by atoms with Gasteiger partial charge in [-0.05, 0) is 25.2 Å². The zero-order chi connectivity index (χ0) is 7.56. The molecule has 0 aromatic rings. The highest BCUT2D eigenvalue weighted by molar-refractivity contribution is 4.81. The molecule has 0 heterocycles. The predicted molar refractivity (Wildman–Crippen MR) is 41.6 cm³/mol. The lowest BCUT2D eigenvalue weighted by atomic mass is 9.83. The Kier molecular flexibility index (Phi) is 2.69. The maximum atomic E-state index is 9.27. The van der Waals surface area contributed by atoms with Crippen molar-refractivity contribution in [2.75, 3.05) is 0 Å². The molecule has 0 amide bonds. The molecule has 0 spiro atoms. The van der Waals surface area contributed by atoms with E-state index in [4.69, 9.17) is 5.73 Å². The van der Waals surface area contributed by atoms with Crippen LogP contribution in [0, 0.1) is 5.92 Å². The first-order valence-corrected chi connectivity index (χ1v) is 4.17. The third-order valence-electron chi connectivity index (χ3n) is 2.55. The summed E-state index contributed by atoms with van der Waals surface area (Å²) in [4.78, 5) is 0. The molecule has 0 aromatic heterocycles. The van der Waals surface area contributed by atoms with Crippen LogP contribution >= 0.6 is 0 Å². The van der Waals surface area contributed by atoms with Crippen molar-refractivity contribution in [2.45, 2.75) is 44.8 Å². The van der Waals surface area contributed by atoms with E-state index in [1.807, 2.05) is 0 Å². The maximum Gasteiger partial charge on any atom is 0.0691 e. The van der Waals surface area contributed by atoms with Crippen LogP contribution in [0.15, 0.2) is 0 Å². The predicted octanol–water partition coefficient (Wildman–Crippen LogP) is 0.885. The Morgan fingerprint density at radius 1 is 1.50 bits per heavy atom. The van der Waals surface area contributed by atoms with E-state index in [9.17, 15) is 5.11 Å². The molecule has 2 nitrogen and oxygen atoms in total. The number of aliphatic hydroxyl groups excluding tert-OH is 1. The lowest BCUT2D eigenvalue weighted by Crippen LogP contribution is -2.40. The second-order valence-corrected chi connectivity index (χ2v) is 3.32. The molecular formula is C8H17NO. The molecule has 3 atom stereocenters. The first-order valence-electron chi connectivity index (χ1n) is 4.17. The Morgan fingerprint density at radius 3 is 2.70 bits per heavy atom. The summed E-state index contributed by atoms with van der Waals surface area (Å²) in [6, 6.07) is 0.0405. The molecule has 0 aromatic carbocycles. The smallest absolute Gasteiger partial charge is 0.0691 e. The molecule has 0 bridgehead atoms. The van der Waals surface area contributed by atoms with E-state index >= 15 is 0 Å². The summed E-state index contributed by atoms with van der Waals surface area (Å²) < 4.78 is 0. The first kappa shape index (κ1) is 8.02. The van der Waals surface area contributed by atoms with Gasteiger partial charge in [0, 0.05) is 6.04 Å². The molecule has 1 rings (SSSR count). The summed E-state index contributed by atoms with van der Waals surface area (Å²) in [5, 5.41) is 9.27. The third kappa shape index (κ3) is 1.70. The number of rotatable bonds is 1. The molecule has 0 unspecified atom stereocenters. The Morgan fingerprint density at radius 2 is 2.20 bits per heavy atom. The Labute approximate surface area is 62.4 Å². The van der Waals surface area contributed by atoms with Gasteiger partial charge in [-0.2, -0.15) is 0 Å². The van der Waals surface area contributed by atoms with E-state index in [0.717, 1.165) is 25.2 Å². The van der Waals surface area contributed by atoms with Crippen molar-refractivity contribution < 1.29 is 5.11 Å². The minimum Gasteiger partial charge on any atom is -0.392 e. The molecule has 0 saturated heterocycles. The topological polar surface area (TPSA) is 46.2 Å². The first-order chi connectivity index (χ1) is 4.74. The summed E-state index contributed by atoms with van der Waals surface area (Å²) >= 11 is 0. The average molecular weight is 143 g/mol. The van der Waals surface area contributed by atoms with Crippen LogP contribution in [0.25, 0.3) is 0 Å². The molecule has 10 heavy (non-hydrogen) atoms. The monoisotopic (exact) mass is 143 g/mol. The molecule has 2 heteroatoms. The summed E-state index contributed by atoms with van der Waals surface area (Å²) in [5.74, 6) is 0.762. The number of hydrogen-bond acceptors (Lipinski definition) is 2. The molecule has 1 fully saturated rings. The SMILES string of the molecule is CC[C@@H]1CC[C@@H](O)[C@H](N)C1. The minimum absolute atomic E-state index is 0.0405. The molecule has 3 N–H and O–H groups in total. The van der Waals surface area contributed by atoms with E-state index in [1.54, 1.807) is 0 Å². The van der Waals surface area contributed by atoms with Crippen molar-refractivity contribution in [1.29, 1.82) is 0 Å². The molecule has 60 valence electrons. The highest BCUT2D eigenvalue weighted by atomic mass is 16.3. The van der Waals surface area contributed by atoms with Crippen LogP contribution in [0.1, 0.15) is 32.6 Å². The van der Waals surface area contributed by atoms with Crippen molar-refractivity contribution in [2.24, 2.45) is 11.7 Å². The number of aliphatic hydroxyl groups is 1. The fourth-order valence-corrected chi connectivity index (χ4v) is 1.65. The standard InChI is InChI=1S/C8H17NO/c1-2-6-3-4-8(10)7(9)5-6/h6-8,10H,2-5,9H2,1H3/t6-,7-,8-/m1/s1. The van der Waals surface area contributed by atoms with Gasteiger partial charge in [0.25, 0.3) is 0 Å². The average Bonchev–Trinajstić information content (AvgIpc) is 1.95. The van der Waals surface area contributed by atoms with Gasteiger partial charge in [-0.1, -0.05) is 13.3 Å². The second-order valence-electron chi connectivity index (χ2n) is 3.32. The fourth-order valence-electron chi connectivity index (χ4n) is 1.65. The quantitative estimate of drug-likeness (QED) is 0.572. The van der Waals surface area contributed by atoms with Crippen LogP contribution in [0.2, 0.25) is 0 Å². The van der Waals surface area contributed by atoms with Gasteiger partial charge in [0.15, 0.2) is 0 Å². The van der Waals surface area contributed by atoms with Gasteiger partial charge in [-0.3, -0.25) is 0 Å². The third-order valence-corrected chi connectivity index (χ3v) is 2.55. The van der Waals surface area contributed by atoms with E-state index in [1.165, 1.54) is 6.42 Å². The molecule has 0 aliphatic heterocycles. The van der Waals surface area contributed by atoms with Gasteiger partial charge >= 0.3 is 0 Å². The van der Waals surface area contributed by atoms with Gasteiger partial charge < -0.3 is 10.8 Å². The van der Waals surface area contributed by atoms with Crippen LogP contribution in [0.3, 0.4) is 0 Å². The highest BCUT2D eigenvalue weighted by Crippen LogP contribution is 2.25. The second kappa shape index (κ2) is 3.35. The molecule has 1 aliphatic rings. The molecule has 1 aliphatic carbocycles. The maximum absolute atomic E-state index is 9.27. The van der Waals surface area contributed by atoms with Gasteiger partial charge in [-0.15, -0.1) is 0 Å². The fraction of sp³-hybridized carbons (Fsp3) is 1.00. The number of nitrogens with two attached hydrogens (primary N) is 1. The normalized spacial score (nSPS) is 41.7. The van der Waals surface area contributed by atoms with Gasteiger partial charge in [-0.25, -0.2) is 0 Å². The van der Waals surface area contributed by atoms with Crippen LogP contribution in [0.4, 0.5) is 0 Å². The lowest BCUT2D eigenvalue weighted by molar-refractivity contribution is 0.0858. The Hall–Kier alpha value is -0.0800. The zero-order valence-corrected chi connectivity index (χ0v) is 6.59. The van der Waals surface area contributed by atoms with E-state index in [0.29, 0.717) is 0 Å². The molecule has 1 saturated carbocycles. The van der Waals surface area contributed by atoms with Gasteiger partial charge in [0.1, 0.15) is 0 Å². The van der Waals surface area contributed by atoms with Gasteiger partial charge in [0.05, 0.1) is 6.10 Å². The van der Waals surface area contributed by atoms with Crippen molar-refractivity contribution in [3.8, 4) is 0 Å². The van der Waals surface area contributed by atoms with Crippen molar-refractivity contribution >= 4 is 0 Å². The number of hydrogen-bond donors (Lipinski definition) is 2. The summed E-state index contributed by atoms with van der Waals surface area (Å²) in [7, 11) is 0. The molecular weight excluding hydrogens is 126 g/mol. The van der Waals surface area contributed by atoms with Crippen molar-refractivity contribution in [3.63, 3.8) is 0 Å². The van der Waals surface area contributed by atoms with Crippen molar-refractivity contribution in [3.05, 3.63) is 0 Å². The van der Waals surface area contributed by atoms with Crippen molar-refractivity contribution in [1.82, 2.24) is 0 Å². The largest absolute Gasteiger partial charge is 0.392 e. The molecule has 0 radical (unpaired) electrons. The van der Waals surface area contributed by atoms with Crippen LogP contribution in [0.5, 0.6) is 0 Å². The van der Waals surface area contributed by atoms with Gasteiger partial charge in [0.2, 0.25) is 0 Å². The highest BCUT2D eigenvalue weighted by Gasteiger charge is 2.24. The summed E-state index contributed by atoms with van der Waals surface area (Å²) in [6.07, 6.45) is 4.05. The van der Waals surface area contributed by atoms with Crippen LogP contribution in [-0.4, -0.2) is 17.3 Å². The lowest BCUT2D eigenvalue weighted by Gasteiger charge is -2.29. The minimum atomic E-state index is -0.234. The summed E-state index contributed by atoms with van der Waals surface area (Å²) in [6.45, 7) is 2.19. The van der Waals surface area contributed by atoms with Crippen LogP contribution < -0.4 is 5.73 Å². The Balaban J connectivity index is 2.33. The summed E-state index contributed by atoms with van der Waals surface area (Å²) in [5.41, 5.74) is 5.69. The van der Waals surface area contributed by atoms with E-state index in [-0.39, 0.29) is 12.1 Å².